The molecule has 0 aromatic carbocycles. The lowest BCUT2D eigenvalue weighted by molar-refractivity contribution is 0.0922. The van der Waals surface area contributed by atoms with E-state index in [4.69, 9.17) is 0 Å². The van der Waals surface area contributed by atoms with Crippen molar-refractivity contribution in [2.75, 3.05) is 11.9 Å². The summed E-state index contributed by atoms with van der Waals surface area (Å²) in [6.45, 7) is 7.18. The molecule has 0 saturated heterocycles. The van der Waals surface area contributed by atoms with Crippen molar-refractivity contribution in [3.63, 3.8) is 0 Å². The van der Waals surface area contributed by atoms with Gasteiger partial charge in [-0.1, -0.05) is 13.8 Å². The molecule has 1 saturated carbocycles. The molecular formula is C14H22N4O. The number of hydrogen-bond donors (Lipinski definition) is 2. The fraction of sp³-hybridized carbons (Fsp3) is 0.643. The molecule has 0 spiro atoms. The number of nitrogens with zero attached hydrogens (tertiary/aromatic N) is 2. The normalized spacial score (nSPS) is 26.2. The highest BCUT2D eigenvalue weighted by molar-refractivity contribution is 5.92. The molecule has 5 heteroatoms. The van der Waals surface area contributed by atoms with Crippen LogP contribution in [0.2, 0.25) is 0 Å². The van der Waals surface area contributed by atoms with E-state index in [1.165, 1.54) is 12.6 Å². The molecule has 104 valence electrons. The van der Waals surface area contributed by atoms with Crippen LogP contribution in [0.15, 0.2) is 12.4 Å². The number of amides is 1. The number of anilines is 1. The van der Waals surface area contributed by atoms with Crippen molar-refractivity contribution in [2.24, 2.45) is 11.8 Å². The smallest absolute Gasteiger partial charge is 0.271 e. The molecule has 0 bridgehead atoms. The van der Waals surface area contributed by atoms with Crippen molar-refractivity contribution in [3.8, 4) is 0 Å². The van der Waals surface area contributed by atoms with E-state index in [0.717, 1.165) is 13.0 Å². The summed E-state index contributed by atoms with van der Waals surface area (Å²) >= 11 is 0. The second kappa shape index (κ2) is 5.99. The van der Waals surface area contributed by atoms with Crippen LogP contribution in [-0.2, 0) is 0 Å². The number of carbonyl (C=O) groups excluding carboxylic acids is 1. The van der Waals surface area contributed by atoms with Crippen molar-refractivity contribution in [1.29, 1.82) is 0 Å². The maximum atomic E-state index is 12.2. The Morgan fingerprint density at radius 2 is 2.16 bits per heavy atom. The first-order valence-corrected chi connectivity index (χ1v) is 6.98. The average molecular weight is 262 g/mol. The Morgan fingerprint density at radius 3 is 2.79 bits per heavy atom. The predicted molar refractivity (Wildman–Crippen MR) is 75.0 cm³/mol. The number of nitrogens with one attached hydrogen (secondary N) is 2. The van der Waals surface area contributed by atoms with Gasteiger partial charge in [0.2, 0.25) is 0 Å². The van der Waals surface area contributed by atoms with Gasteiger partial charge in [0, 0.05) is 12.6 Å². The second-order valence-corrected chi connectivity index (χ2v) is 5.31. The molecule has 0 radical (unpaired) electrons. The monoisotopic (exact) mass is 262 g/mol. The van der Waals surface area contributed by atoms with Gasteiger partial charge in [-0.05, 0) is 31.6 Å². The van der Waals surface area contributed by atoms with E-state index in [1.54, 1.807) is 6.20 Å². The third kappa shape index (κ3) is 3.22. The van der Waals surface area contributed by atoms with Crippen LogP contribution in [-0.4, -0.2) is 28.5 Å². The Bertz CT molecular complexity index is 449. The van der Waals surface area contributed by atoms with Crippen molar-refractivity contribution < 1.29 is 4.79 Å². The Labute approximate surface area is 114 Å². The summed E-state index contributed by atoms with van der Waals surface area (Å²) in [4.78, 5) is 20.5. The minimum absolute atomic E-state index is 0.127. The number of rotatable bonds is 4. The molecule has 1 heterocycles. The van der Waals surface area contributed by atoms with Crippen molar-refractivity contribution >= 4 is 11.7 Å². The Hall–Kier alpha value is -1.65. The molecule has 5 nitrogen and oxygen atoms in total. The molecule has 1 aliphatic rings. The Balaban J connectivity index is 2.01. The zero-order chi connectivity index (χ0) is 13.8. The lowest BCUT2D eigenvalue weighted by atomic mass is 9.98. The zero-order valence-electron chi connectivity index (χ0n) is 11.8. The summed E-state index contributed by atoms with van der Waals surface area (Å²) in [7, 11) is 0. The fourth-order valence-corrected chi connectivity index (χ4v) is 2.55. The van der Waals surface area contributed by atoms with Crippen molar-refractivity contribution in [3.05, 3.63) is 18.1 Å². The molecule has 1 aromatic heterocycles. The molecule has 1 fully saturated rings. The third-order valence-corrected chi connectivity index (χ3v) is 4.01. The van der Waals surface area contributed by atoms with Gasteiger partial charge in [0.1, 0.15) is 11.5 Å². The van der Waals surface area contributed by atoms with E-state index in [-0.39, 0.29) is 11.9 Å². The van der Waals surface area contributed by atoms with Crippen LogP contribution >= 0.6 is 0 Å². The fourth-order valence-electron chi connectivity index (χ4n) is 2.55. The lowest BCUT2D eigenvalue weighted by Gasteiger charge is -2.19. The van der Waals surface area contributed by atoms with Crippen LogP contribution in [0, 0.1) is 11.8 Å². The van der Waals surface area contributed by atoms with E-state index < -0.39 is 0 Å². The summed E-state index contributed by atoms with van der Waals surface area (Å²) in [5.41, 5.74) is 0.380. The largest absolute Gasteiger partial charge is 0.369 e. The van der Waals surface area contributed by atoms with Crippen LogP contribution < -0.4 is 10.6 Å². The zero-order valence-corrected chi connectivity index (χ0v) is 11.8. The van der Waals surface area contributed by atoms with Crippen molar-refractivity contribution in [1.82, 2.24) is 15.3 Å². The van der Waals surface area contributed by atoms with Gasteiger partial charge in [0.15, 0.2) is 0 Å². The summed E-state index contributed by atoms with van der Waals surface area (Å²) in [6.07, 6.45) is 5.36. The van der Waals surface area contributed by atoms with Gasteiger partial charge in [-0.2, -0.15) is 0 Å². The molecule has 2 rings (SSSR count). The van der Waals surface area contributed by atoms with Crippen LogP contribution in [0.5, 0.6) is 0 Å². The van der Waals surface area contributed by atoms with Crippen LogP contribution in [0.4, 0.5) is 5.82 Å². The number of hydrogen-bond acceptors (Lipinski definition) is 4. The van der Waals surface area contributed by atoms with Gasteiger partial charge in [0.05, 0.1) is 12.4 Å². The Morgan fingerprint density at radius 1 is 1.37 bits per heavy atom. The second-order valence-electron chi connectivity index (χ2n) is 5.31. The summed E-state index contributed by atoms with van der Waals surface area (Å²) < 4.78 is 0. The topological polar surface area (TPSA) is 66.9 Å². The average Bonchev–Trinajstić information content (AvgIpc) is 2.71. The standard InChI is InChI=1S/C14H22N4O/c1-4-16-13-8-15-7-12(17-13)14(19)18-11-6-5-9(2)10(11)3/h7-11H,4-6H2,1-3H3,(H,16,17)(H,18,19). The maximum Gasteiger partial charge on any atom is 0.271 e. The number of carbonyl (C=O) groups is 1. The first-order chi connectivity index (χ1) is 9.11. The molecular weight excluding hydrogens is 240 g/mol. The molecule has 1 aromatic rings. The van der Waals surface area contributed by atoms with E-state index in [0.29, 0.717) is 23.3 Å². The Kier molecular flexibility index (Phi) is 4.35. The van der Waals surface area contributed by atoms with E-state index in [9.17, 15) is 4.79 Å². The van der Waals surface area contributed by atoms with Gasteiger partial charge < -0.3 is 10.6 Å². The van der Waals surface area contributed by atoms with Gasteiger partial charge in [-0.15, -0.1) is 0 Å². The summed E-state index contributed by atoms with van der Waals surface area (Å²) in [6, 6.07) is 0.257. The highest BCUT2D eigenvalue weighted by Crippen LogP contribution is 2.31. The molecule has 3 unspecified atom stereocenters. The molecule has 0 aliphatic heterocycles. The van der Waals surface area contributed by atoms with Gasteiger partial charge in [0.25, 0.3) is 5.91 Å². The molecule has 2 N–H and O–H groups in total. The molecule has 3 atom stereocenters. The minimum Gasteiger partial charge on any atom is -0.369 e. The minimum atomic E-state index is -0.127. The van der Waals surface area contributed by atoms with E-state index in [1.807, 2.05) is 6.92 Å². The number of aromatic nitrogens is 2. The predicted octanol–water partition coefficient (Wildman–Crippen LogP) is 2.07. The summed E-state index contributed by atoms with van der Waals surface area (Å²) in [5, 5.41) is 6.13. The van der Waals surface area contributed by atoms with Crippen LogP contribution in [0.3, 0.4) is 0 Å². The lowest BCUT2D eigenvalue weighted by Crippen LogP contribution is -2.37. The third-order valence-electron chi connectivity index (χ3n) is 4.01. The van der Waals surface area contributed by atoms with Crippen LogP contribution in [0.25, 0.3) is 0 Å². The SMILES string of the molecule is CCNc1cncc(C(=O)NC2CCC(C)C2C)n1. The van der Waals surface area contributed by atoms with Gasteiger partial charge in [-0.3, -0.25) is 9.78 Å². The summed E-state index contributed by atoms with van der Waals surface area (Å²) in [5.74, 6) is 1.71. The molecule has 1 aliphatic carbocycles. The molecule has 1 amide bonds. The highest BCUT2D eigenvalue weighted by atomic mass is 16.2. The first kappa shape index (κ1) is 13.8. The van der Waals surface area contributed by atoms with Crippen LogP contribution in [0.1, 0.15) is 44.1 Å². The first-order valence-electron chi connectivity index (χ1n) is 6.98. The quantitative estimate of drug-likeness (QED) is 0.871. The molecule has 19 heavy (non-hydrogen) atoms. The van der Waals surface area contributed by atoms with Crippen molar-refractivity contribution in [2.45, 2.75) is 39.7 Å². The van der Waals surface area contributed by atoms with Gasteiger partial charge >= 0.3 is 0 Å². The van der Waals surface area contributed by atoms with Gasteiger partial charge in [-0.25, -0.2) is 4.98 Å². The van der Waals surface area contributed by atoms with E-state index in [2.05, 4.69) is 34.4 Å². The highest BCUT2D eigenvalue weighted by Gasteiger charge is 2.31. The van der Waals surface area contributed by atoms with E-state index >= 15 is 0 Å². The maximum absolute atomic E-state index is 12.2.